The lowest BCUT2D eigenvalue weighted by molar-refractivity contribution is -0.146. The fraction of sp³-hybridized carbons (Fsp3) is 0.839. The summed E-state index contributed by atoms with van der Waals surface area (Å²) in [5.74, 6) is -1.15. The summed E-state index contributed by atoms with van der Waals surface area (Å²) in [5, 5.41) is 34.2. The van der Waals surface area contributed by atoms with Gasteiger partial charge in [0.15, 0.2) is 5.78 Å². The number of ketones is 2. The molecule has 0 spiro atoms. The number of ether oxygens (including phenoxy) is 1. The van der Waals surface area contributed by atoms with Gasteiger partial charge in [-0.05, 0) is 65.3 Å². The van der Waals surface area contributed by atoms with Gasteiger partial charge >= 0.3 is 5.97 Å². The van der Waals surface area contributed by atoms with Crippen molar-refractivity contribution in [1.82, 2.24) is 0 Å². The van der Waals surface area contributed by atoms with Gasteiger partial charge in [-0.25, -0.2) is 0 Å². The lowest BCUT2D eigenvalue weighted by Crippen LogP contribution is -2.61. The zero-order valence-corrected chi connectivity index (χ0v) is 24.5. The molecule has 10 atom stereocenters. The largest absolute Gasteiger partial charge is 0.469 e. The molecule has 0 aromatic rings. The van der Waals surface area contributed by atoms with Crippen molar-refractivity contribution in [3.63, 3.8) is 0 Å². The van der Waals surface area contributed by atoms with E-state index in [0.717, 1.165) is 0 Å². The van der Waals surface area contributed by atoms with Gasteiger partial charge in [-0.3, -0.25) is 14.4 Å². The number of aliphatic hydroxyl groups excluding tert-OH is 3. The molecule has 0 aromatic carbocycles. The number of fused-ring (bicyclic) bond motifs is 4. The molecular weight excluding hydrogens is 484 g/mol. The third-order valence-corrected chi connectivity index (χ3v) is 12.0. The van der Waals surface area contributed by atoms with Crippen molar-refractivity contribution >= 4 is 17.5 Å². The normalized spacial score (nSPS) is 43.6. The monoisotopic (exact) mass is 532 g/mol. The first-order chi connectivity index (χ1) is 17.5. The van der Waals surface area contributed by atoms with Crippen LogP contribution >= 0.6 is 0 Å². The molecule has 7 nitrogen and oxygen atoms in total. The van der Waals surface area contributed by atoms with E-state index >= 15 is 0 Å². The summed E-state index contributed by atoms with van der Waals surface area (Å²) in [4.78, 5) is 38.8. The van der Waals surface area contributed by atoms with Crippen molar-refractivity contribution < 1.29 is 34.4 Å². The topological polar surface area (TPSA) is 121 Å². The first-order valence-corrected chi connectivity index (χ1v) is 14.4. The number of esters is 1. The first-order valence-electron chi connectivity index (χ1n) is 14.4. The van der Waals surface area contributed by atoms with Crippen LogP contribution in [-0.4, -0.2) is 58.3 Å². The molecule has 0 amide bonds. The summed E-state index contributed by atoms with van der Waals surface area (Å²) in [5.41, 5.74) is -0.940. The Morgan fingerprint density at radius 3 is 2.24 bits per heavy atom. The van der Waals surface area contributed by atoms with Crippen molar-refractivity contribution in [3.8, 4) is 0 Å². The number of hydrogen-bond acceptors (Lipinski definition) is 7. The first kappa shape index (κ1) is 29.4. The summed E-state index contributed by atoms with van der Waals surface area (Å²) in [7, 11) is 1.31. The Hall–Kier alpha value is -1.57. The lowest BCUT2D eigenvalue weighted by Gasteiger charge is -2.62. The number of methoxy groups -OCH3 is 1. The van der Waals surface area contributed by atoms with Crippen LogP contribution in [-0.2, 0) is 19.1 Å². The molecule has 214 valence electrons. The van der Waals surface area contributed by atoms with E-state index in [2.05, 4.69) is 13.8 Å². The molecule has 0 radical (unpaired) electrons. The van der Waals surface area contributed by atoms with Crippen molar-refractivity contribution in [2.75, 3.05) is 7.11 Å². The average molecular weight is 533 g/mol. The molecule has 0 bridgehead atoms. The maximum absolute atomic E-state index is 14.1. The van der Waals surface area contributed by atoms with Gasteiger partial charge in [0.05, 0.1) is 31.3 Å². The van der Waals surface area contributed by atoms with E-state index in [1.165, 1.54) is 7.11 Å². The molecule has 4 aliphatic carbocycles. The van der Waals surface area contributed by atoms with E-state index in [1.54, 1.807) is 6.92 Å². The minimum Gasteiger partial charge on any atom is -0.469 e. The van der Waals surface area contributed by atoms with Gasteiger partial charge in [-0.2, -0.15) is 0 Å². The Bertz CT molecular complexity index is 1040. The summed E-state index contributed by atoms with van der Waals surface area (Å²) in [6.45, 7) is 14.0. The van der Waals surface area contributed by atoms with Crippen molar-refractivity contribution in [2.24, 2.45) is 45.3 Å². The Balaban J connectivity index is 1.71. The van der Waals surface area contributed by atoms with Crippen molar-refractivity contribution in [3.05, 3.63) is 11.1 Å². The predicted molar refractivity (Wildman–Crippen MR) is 143 cm³/mol. The minimum atomic E-state index is -0.868. The molecular formula is C31H48O7. The highest BCUT2D eigenvalue weighted by molar-refractivity contribution is 6.00. The van der Waals surface area contributed by atoms with E-state index in [0.29, 0.717) is 36.8 Å². The summed E-state index contributed by atoms with van der Waals surface area (Å²) < 4.78 is 4.76. The smallest absolute Gasteiger partial charge is 0.308 e. The fourth-order valence-corrected chi connectivity index (χ4v) is 9.59. The van der Waals surface area contributed by atoms with Crippen LogP contribution in [0.3, 0.4) is 0 Å². The van der Waals surface area contributed by atoms with Crippen LogP contribution < -0.4 is 0 Å². The number of carbonyl (C=O) groups is 3. The van der Waals surface area contributed by atoms with Gasteiger partial charge in [0.25, 0.3) is 0 Å². The number of allylic oxidation sites excluding steroid dienone is 1. The second-order valence-electron chi connectivity index (χ2n) is 14.3. The Kier molecular flexibility index (Phi) is 7.37. The highest BCUT2D eigenvalue weighted by Gasteiger charge is 2.70. The lowest BCUT2D eigenvalue weighted by atomic mass is 9.42. The Morgan fingerprint density at radius 2 is 1.63 bits per heavy atom. The molecule has 38 heavy (non-hydrogen) atoms. The van der Waals surface area contributed by atoms with Crippen molar-refractivity contribution in [1.29, 1.82) is 0 Å². The summed E-state index contributed by atoms with van der Waals surface area (Å²) in [6.07, 6.45) is 0.706. The van der Waals surface area contributed by atoms with E-state index in [1.807, 2.05) is 27.7 Å². The van der Waals surface area contributed by atoms with Gasteiger partial charge in [-0.15, -0.1) is 0 Å². The van der Waals surface area contributed by atoms with Crippen LogP contribution in [0.5, 0.6) is 0 Å². The third kappa shape index (κ3) is 3.97. The number of hydrogen-bond donors (Lipinski definition) is 3. The van der Waals surface area contributed by atoms with Gasteiger partial charge in [0.1, 0.15) is 5.78 Å². The number of rotatable bonds is 6. The molecule has 2 saturated carbocycles. The second-order valence-corrected chi connectivity index (χ2v) is 14.3. The molecule has 4 aliphatic rings. The Labute approximate surface area is 227 Å². The average Bonchev–Trinajstić information content (AvgIpc) is 3.03. The van der Waals surface area contributed by atoms with Crippen LogP contribution in [0.4, 0.5) is 0 Å². The molecule has 3 unspecified atom stereocenters. The van der Waals surface area contributed by atoms with Crippen LogP contribution in [0.15, 0.2) is 11.1 Å². The number of Topliss-reactive ketones (excluding diaryl/α,β-unsaturated/α-hetero) is 2. The molecule has 0 saturated heterocycles. The highest BCUT2D eigenvalue weighted by atomic mass is 16.5. The quantitative estimate of drug-likeness (QED) is 0.442. The van der Waals surface area contributed by atoms with Crippen molar-refractivity contribution in [2.45, 2.75) is 112 Å². The Morgan fingerprint density at radius 1 is 1.00 bits per heavy atom. The highest BCUT2D eigenvalue weighted by Crippen LogP contribution is 2.71. The van der Waals surface area contributed by atoms with Gasteiger partial charge in [0.2, 0.25) is 0 Å². The SMILES string of the molecule is COC(=O)C(C)CC(=O)CC(C)[C@H]1C[C@H](O)[C@@]2(C)C3=C(C(=O)C[C@]12C)[C@@]1(C)CC[C@H](O)C(C)(C)C1C[C@@H]3O. The van der Waals surface area contributed by atoms with E-state index < -0.39 is 51.9 Å². The summed E-state index contributed by atoms with van der Waals surface area (Å²) in [6, 6.07) is 0. The molecule has 7 heteroatoms. The predicted octanol–water partition coefficient (Wildman–Crippen LogP) is 4.01. The second kappa shape index (κ2) is 9.52. The zero-order chi connectivity index (χ0) is 28.6. The maximum atomic E-state index is 14.1. The molecule has 0 heterocycles. The summed E-state index contributed by atoms with van der Waals surface area (Å²) >= 11 is 0. The molecule has 3 N–H and O–H groups in total. The van der Waals surface area contributed by atoms with Crippen LogP contribution in [0.25, 0.3) is 0 Å². The van der Waals surface area contributed by atoms with Gasteiger partial charge in [-0.1, -0.05) is 48.5 Å². The van der Waals surface area contributed by atoms with Crippen LogP contribution in [0.2, 0.25) is 0 Å². The molecule has 2 fully saturated rings. The van der Waals surface area contributed by atoms with E-state index in [-0.39, 0.29) is 48.6 Å². The standard InChI is InChI=1S/C31H48O7/c1-16(11-18(32)12-17(2)27(37)38-8)19-13-24(36)31(7)26-20(33)14-22-28(3,4)23(35)9-10-29(22,5)25(26)21(34)15-30(19,31)6/h16-17,19-20,22-24,33,35-36H,9-15H2,1-8H3/t16?,17?,19-,20+,22?,23+,24+,29+,30-,31+/m1/s1. The van der Waals surface area contributed by atoms with Crippen LogP contribution in [0, 0.1) is 45.3 Å². The van der Waals surface area contributed by atoms with Crippen LogP contribution in [0.1, 0.15) is 93.4 Å². The third-order valence-electron chi connectivity index (χ3n) is 12.0. The fourth-order valence-electron chi connectivity index (χ4n) is 9.59. The van der Waals surface area contributed by atoms with Gasteiger partial charge < -0.3 is 20.1 Å². The molecule has 4 rings (SSSR count). The molecule has 0 aliphatic heterocycles. The van der Waals surface area contributed by atoms with E-state index in [4.69, 9.17) is 4.74 Å². The number of carbonyl (C=O) groups excluding carboxylic acids is 3. The van der Waals surface area contributed by atoms with E-state index in [9.17, 15) is 29.7 Å². The molecule has 0 aromatic heterocycles. The number of aliphatic hydroxyl groups is 3. The van der Waals surface area contributed by atoms with Gasteiger partial charge in [0, 0.05) is 30.3 Å². The zero-order valence-electron chi connectivity index (χ0n) is 24.5. The minimum absolute atomic E-state index is 0.0276. The maximum Gasteiger partial charge on any atom is 0.308 e.